The van der Waals surface area contributed by atoms with E-state index < -0.39 is 0 Å². The molecule has 0 aliphatic heterocycles. The van der Waals surface area contributed by atoms with E-state index in [0.29, 0.717) is 0 Å². The Kier molecular flexibility index (Phi) is 228. The topological polar surface area (TPSA) is 63.0 Å². The Morgan fingerprint density at radius 1 is 0.500 bits per heavy atom. The summed E-state index contributed by atoms with van der Waals surface area (Å²) in [6, 6.07) is 0. The van der Waals surface area contributed by atoms with Crippen molar-refractivity contribution in [2.24, 2.45) is 0 Å². The van der Waals surface area contributed by atoms with Crippen LogP contribution < -0.4 is 0 Å². The van der Waals surface area contributed by atoms with Crippen LogP contribution in [-0.4, -0.2) is 65.5 Å². The smallest absolute Gasteiger partial charge is 0 e. The monoisotopic (exact) mass is 452 g/mol. The molecule has 8 radical (unpaired) electrons. The first-order valence-corrected chi connectivity index (χ1v) is 0. The van der Waals surface area contributed by atoms with Crippen molar-refractivity contribution in [3.05, 3.63) is 0 Å². The molecule has 4 heavy (non-hydrogen) atoms. The molecule has 0 saturated heterocycles. The van der Waals surface area contributed by atoms with E-state index in [2.05, 4.69) is 0 Å². The summed E-state index contributed by atoms with van der Waals surface area (Å²) in [7, 11) is 0. The summed E-state index contributed by atoms with van der Waals surface area (Å²) >= 11 is 0. The van der Waals surface area contributed by atoms with Crippen LogP contribution in [-0.2, 0) is 0 Å². The van der Waals surface area contributed by atoms with Crippen molar-refractivity contribution < 1.29 is 11.0 Å². The summed E-state index contributed by atoms with van der Waals surface area (Å²) in [4.78, 5) is 0. The predicted octanol–water partition coefficient (Wildman–Crippen LogP) is -2.41. The summed E-state index contributed by atoms with van der Waals surface area (Å²) in [5, 5.41) is 0. The van der Waals surface area contributed by atoms with Gasteiger partial charge in [-0.2, -0.15) is 0 Å². The quantitative estimate of drug-likeness (QED) is 0.370. The van der Waals surface area contributed by atoms with Crippen molar-refractivity contribution in [1.82, 2.24) is 0 Å². The predicted molar refractivity (Wildman–Crippen MR) is 18.7 cm³/mol. The van der Waals surface area contributed by atoms with E-state index in [-0.39, 0.29) is 65.5 Å². The van der Waals surface area contributed by atoms with Crippen LogP contribution in [0.5, 0.6) is 0 Å². The van der Waals surface area contributed by atoms with Crippen LogP contribution in [0.25, 0.3) is 0 Å². The van der Waals surface area contributed by atoms with Crippen molar-refractivity contribution in [3.63, 3.8) is 0 Å². The maximum atomic E-state index is 0. The average Bonchev–Trinajstić information content (AvgIpc) is 0. The van der Waals surface area contributed by atoms with Gasteiger partial charge in [-0.05, 0) is 0 Å². The maximum absolute atomic E-state index is 0. The Morgan fingerprint density at radius 2 is 0.500 bits per heavy atom. The molecule has 4 heteroatoms. The Balaban J connectivity index is 0. The van der Waals surface area contributed by atoms with E-state index in [4.69, 9.17) is 0 Å². The molecule has 0 aromatic carbocycles. The van der Waals surface area contributed by atoms with Gasteiger partial charge in [0.25, 0.3) is 0 Å². The molecule has 0 spiro atoms. The Hall–Kier alpha value is 1.76. The zero-order valence-electron chi connectivity index (χ0n) is 2.00. The molecule has 4 N–H and O–H groups in total. The van der Waals surface area contributed by atoms with Gasteiger partial charge in [0, 0.05) is 54.6 Å². The van der Waals surface area contributed by atoms with Gasteiger partial charge < -0.3 is 11.0 Å². The molecule has 0 aliphatic rings. The van der Waals surface area contributed by atoms with Crippen molar-refractivity contribution in [1.29, 1.82) is 0 Å². The summed E-state index contributed by atoms with van der Waals surface area (Å²) < 4.78 is 0. The van der Waals surface area contributed by atoms with Gasteiger partial charge in [0.1, 0.15) is 0 Å². The molecule has 0 amide bonds. The minimum atomic E-state index is 0. The standard InChI is InChI=1S/2H2O.2Pb/h2*1H2;;. The molecule has 0 fully saturated rings. The average molecular weight is 450 g/mol. The number of hydrogen-bond acceptors (Lipinski definition) is 0. The molecule has 0 aliphatic carbocycles. The fraction of sp³-hybridized carbons (Fsp3) is 0. The van der Waals surface area contributed by atoms with Crippen molar-refractivity contribution in [2.75, 3.05) is 0 Å². The molecule has 0 rings (SSSR count). The third kappa shape index (κ3) is 9.24. The van der Waals surface area contributed by atoms with Crippen LogP contribution >= 0.6 is 0 Å². The van der Waals surface area contributed by atoms with Crippen molar-refractivity contribution in [2.45, 2.75) is 0 Å². The third-order valence-electron chi connectivity index (χ3n) is 0. The van der Waals surface area contributed by atoms with Crippen LogP contribution in [0.2, 0.25) is 0 Å². The number of rotatable bonds is 0. The Labute approximate surface area is 64.9 Å². The summed E-state index contributed by atoms with van der Waals surface area (Å²) in [5.41, 5.74) is 0. The molecule has 0 bridgehead atoms. The van der Waals surface area contributed by atoms with Crippen LogP contribution in [0.1, 0.15) is 0 Å². The second kappa shape index (κ2) is 21.7. The molecular formula is H4O2Pb2. The van der Waals surface area contributed by atoms with Gasteiger partial charge in [-0.25, -0.2) is 0 Å². The summed E-state index contributed by atoms with van der Waals surface area (Å²) in [6.07, 6.45) is 0. The normalized spacial score (nSPS) is 0. The minimum Gasteiger partial charge on any atom is -0.412 e. The van der Waals surface area contributed by atoms with E-state index in [1.165, 1.54) is 0 Å². The first-order chi connectivity index (χ1) is 0. The zero-order chi connectivity index (χ0) is 0. The van der Waals surface area contributed by atoms with Gasteiger partial charge in [-0.15, -0.1) is 0 Å². The maximum Gasteiger partial charge on any atom is 0 e. The molecule has 24 valence electrons. The van der Waals surface area contributed by atoms with Crippen molar-refractivity contribution >= 4 is 54.6 Å². The Morgan fingerprint density at radius 3 is 0.500 bits per heavy atom. The van der Waals surface area contributed by atoms with Crippen molar-refractivity contribution in [3.8, 4) is 0 Å². The van der Waals surface area contributed by atoms with Gasteiger partial charge in [0.15, 0.2) is 0 Å². The van der Waals surface area contributed by atoms with E-state index in [1.807, 2.05) is 0 Å². The molecule has 0 atom stereocenters. The molecule has 0 aromatic heterocycles. The second-order valence-electron chi connectivity index (χ2n) is 0. The van der Waals surface area contributed by atoms with Crippen LogP contribution in [0.15, 0.2) is 0 Å². The molecule has 0 saturated carbocycles. The van der Waals surface area contributed by atoms with E-state index in [0.717, 1.165) is 0 Å². The summed E-state index contributed by atoms with van der Waals surface area (Å²) in [6.45, 7) is 0. The van der Waals surface area contributed by atoms with Crippen LogP contribution in [0.3, 0.4) is 0 Å². The molecular weight excluding hydrogens is 446 g/mol. The van der Waals surface area contributed by atoms with Gasteiger partial charge in [-0.3, -0.25) is 0 Å². The SMILES string of the molecule is O.O.[Pb].[Pb]. The van der Waals surface area contributed by atoms with E-state index in [9.17, 15) is 0 Å². The first kappa shape index (κ1) is 42.0. The Bertz CT molecular complexity index is 4.00. The summed E-state index contributed by atoms with van der Waals surface area (Å²) in [5.74, 6) is 0. The fourth-order valence-corrected chi connectivity index (χ4v) is 0. The minimum absolute atomic E-state index is 0. The van der Waals surface area contributed by atoms with Crippen LogP contribution in [0, 0.1) is 0 Å². The second-order valence-corrected chi connectivity index (χ2v) is 0. The van der Waals surface area contributed by atoms with Gasteiger partial charge >= 0.3 is 0 Å². The van der Waals surface area contributed by atoms with Crippen LogP contribution in [0.4, 0.5) is 0 Å². The zero-order valence-corrected chi connectivity index (χ0v) is 9.77. The molecule has 0 heterocycles. The van der Waals surface area contributed by atoms with Gasteiger partial charge in [0.05, 0.1) is 0 Å². The molecule has 0 unspecified atom stereocenters. The van der Waals surface area contributed by atoms with Gasteiger partial charge in [0.2, 0.25) is 0 Å². The number of hydrogen-bond donors (Lipinski definition) is 0. The van der Waals surface area contributed by atoms with E-state index in [1.54, 1.807) is 0 Å². The van der Waals surface area contributed by atoms with E-state index >= 15 is 0 Å². The first-order valence-electron chi connectivity index (χ1n) is 0. The molecule has 0 aromatic rings. The third-order valence-corrected chi connectivity index (χ3v) is 0. The fourth-order valence-electron chi connectivity index (χ4n) is 0. The largest absolute Gasteiger partial charge is 0.412 e. The molecule has 2 nitrogen and oxygen atoms in total. The van der Waals surface area contributed by atoms with Gasteiger partial charge in [-0.1, -0.05) is 0 Å².